The maximum absolute atomic E-state index is 12.5. The molecule has 0 aliphatic carbocycles. The largest absolute Gasteiger partial charge is 0.461 e. The first kappa shape index (κ1) is 23.4. The number of benzene rings is 2. The molecule has 0 bridgehead atoms. The zero-order chi connectivity index (χ0) is 23.3. The third kappa shape index (κ3) is 4.79. The Morgan fingerprint density at radius 1 is 1.22 bits per heavy atom. The van der Waals surface area contributed by atoms with Crippen molar-refractivity contribution in [2.45, 2.75) is 30.3 Å². The van der Waals surface area contributed by atoms with E-state index in [1.165, 1.54) is 24.0 Å². The number of carbonyl (C=O) groups excluding carboxylic acids is 1. The van der Waals surface area contributed by atoms with E-state index in [1.807, 2.05) is 46.7 Å². The maximum Gasteiger partial charge on any atom is 0.357 e. The minimum absolute atomic E-state index is 0.0222. The summed E-state index contributed by atoms with van der Waals surface area (Å²) >= 11 is 1.38. The van der Waals surface area contributed by atoms with Gasteiger partial charge in [-0.05, 0) is 37.3 Å². The molecule has 8 nitrogen and oxygen atoms in total. The number of nitriles is 1. The SMILES string of the molecule is CCOC(=O)c1c(SC)nc(C)n1Cc1ccc(-c2ccccc2S(=O)(=O)NC#N)cc1. The second-order valence-corrected chi connectivity index (χ2v) is 9.18. The third-order valence-electron chi connectivity index (χ3n) is 4.75. The van der Waals surface area contributed by atoms with Gasteiger partial charge in [-0.1, -0.05) is 42.5 Å². The Balaban J connectivity index is 1.95. The first-order valence-electron chi connectivity index (χ1n) is 9.69. The fraction of sp³-hybridized carbons (Fsp3) is 0.227. The maximum atomic E-state index is 12.5. The highest BCUT2D eigenvalue weighted by Crippen LogP contribution is 2.28. The average Bonchev–Trinajstić information content (AvgIpc) is 3.09. The van der Waals surface area contributed by atoms with E-state index in [4.69, 9.17) is 10.00 Å². The van der Waals surface area contributed by atoms with E-state index in [1.54, 1.807) is 25.1 Å². The molecule has 0 saturated heterocycles. The molecule has 0 atom stereocenters. The van der Waals surface area contributed by atoms with Gasteiger partial charge in [-0.2, -0.15) is 5.26 Å². The van der Waals surface area contributed by atoms with Gasteiger partial charge in [-0.25, -0.2) is 22.9 Å². The molecule has 1 aromatic heterocycles. The Bertz CT molecular complexity index is 1280. The van der Waals surface area contributed by atoms with E-state index in [-0.39, 0.29) is 11.5 Å². The molecule has 0 fully saturated rings. The number of esters is 1. The fourth-order valence-electron chi connectivity index (χ4n) is 3.30. The monoisotopic (exact) mass is 470 g/mol. The number of hydrogen-bond donors (Lipinski definition) is 1. The molecule has 166 valence electrons. The van der Waals surface area contributed by atoms with Crippen molar-refractivity contribution >= 4 is 27.8 Å². The van der Waals surface area contributed by atoms with Gasteiger partial charge in [0.15, 0.2) is 11.9 Å². The minimum atomic E-state index is -3.95. The highest BCUT2D eigenvalue weighted by molar-refractivity contribution is 7.98. The number of aryl methyl sites for hydroxylation is 1. The van der Waals surface area contributed by atoms with Gasteiger partial charge >= 0.3 is 5.97 Å². The molecule has 3 rings (SSSR count). The first-order chi connectivity index (χ1) is 15.3. The Hall–Kier alpha value is -3.29. The van der Waals surface area contributed by atoms with Crippen LogP contribution >= 0.6 is 11.8 Å². The van der Waals surface area contributed by atoms with Crippen LogP contribution in [0, 0.1) is 18.4 Å². The van der Waals surface area contributed by atoms with Crippen LogP contribution in [0.2, 0.25) is 0 Å². The van der Waals surface area contributed by atoms with Gasteiger partial charge in [0.2, 0.25) is 0 Å². The number of sulfonamides is 1. The summed E-state index contributed by atoms with van der Waals surface area (Å²) in [5, 5.41) is 9.37. The number of nitrogens with zero attached hydrogens (tertiary/aromatic N) is 3. The third-order valence-corrected chi connectivity index (χ3v) is 6.72. The number of thioether (sulfide) groups is 1. The second-order valence-electron chi connectivity index (χ2n) is 6.73. The smallest absolute Gasteiger partial charge is 0.357 e. The van der Waals surface area contributed by atoms with E-state index >= 15 is 0 Å². The van der Waals surface area contributed by atoms with Crippen molar-refractivity contribution in [1.82, 2.24) is 14.3 Å². The fourth-order valence-corrected chi connectivity index (χ4v) is 4.87. The van der Waals surface area contributed by atoms with Crippen LogP contribution in [0.25, 0.3) is 11.1 Å². The van der Waals surface area contributed by atoms with Gasteiger partial charge in [0.1, 0.15) is 10.9 Å². The van der Waals surface area contributed by atoms with Crippen LogP contribution in [0.3, 0.4) is 0 Å². The van der Waals surface area contributed by atoms with E-state index < -0.39 is 16.0 Å². The molecule has 0 amide bonds. The van der Waals surface area contributed by atoms with Crippen LogP contribution in [0.15, 0.2) is 58.5 Å². The molecule has 0 unspecified atom stereocenters. The number of ether oxygens (including phenoxy) is 1. The van der Waals surface area contributed by atoms with E-state index in [0.717, 1.165) is 5.56 Å². The van der Waals surface area contributed by atoms with Gasteiger partial charge < -0.3 is 9.30 Å². The zero-order valence-electron chi connectivity index (χ0n) is 17.8. The summed E-state index contributed by atoms with van der Waals surface area (Å²) in [6, 6.07) is 13.8. The van der Waals surface area contributed by atoms with Gasteiger partial charge in [0.05, 0.1) is 11.5 Å². The Labute approximate surface area is 191 Å². The molecule has 1 heterocycles. The number of aromatic nitrogens is 2. The summed E-state index contributed by atoms with van der Waals surface area (Å²) in [5.74, 6) is 0.277. The standard InChI is InChI=1S/C22H22N4O4S2/c1-4-30-22(27)20-21(31-3)25-15(2)26(20)13-16-9-11-17(12-10-16)18-7-5-6-8-19(18)32(28,29)24-14-23/h5-12,24H,4,13H2,1-3H3. The van der Waals surface area contributed by atoms with Crippen molar-refractivity contribution in [3.05, 3.63) is 65.6 Å². The lowest BCUT2D eigenvalue weighted by Crippen LogP contribution is -2.18. The van der Waals surface area contributed by atoms with E-state index in [0.29, 0.717) is 34.2 Å². The topological polar surface area (TPSA) is 114 Å². The number of nitrogens with one attached hydrogen (secondary N) is 1. The molecule has 0 saturated carbocycles. The van der Waals surface area contributed by atoms with Gasteiger partial charge in [-0.15, -0.1) is 11.8 Å². The Morgan fingerprint density at radius 2 is 1.91 bits per heavy atom. The van der Waals surface area contributed by atoms with Crippen molar-refractivity contribution in [1.29, 1.82) is 5.26 Å². The van der Waals surface area contributed by atoms with Crippen molar-refractivity contribution in [3.63, 3.8) is 0 Å². The Morgan fingerprint density at radius 3 is 2.53 bits per heavy atom. The molecule has 10 heteroatoms. The lowest BCUT2D eigenvalue weighted by atomic mass is 10.0. The average molecular weight is 471 g/mol. The van der Waals surface area contributed by atoms with Crippen molar-refractivity contribution in [3.8, 4) is 17.3 Å². The predicted molar refractivity (Wildman–Crippen MR) is 122 cm³/mol. The number of hydrogen-bond acceptors (Lipinski definition) is 7. The van der Waals surface area contributed by atoms with Crippen LogP contribution in [0.4, 0.5) is 0 Å². The molecule has 3 aromatic rings. The van der Waals surface area contributed by atoms with Crippen LogP contribution in [0.1, 0.15) is 28.8 Å². The van der Waals surface area contributed by atoms with E-state index in [2.05, 4.69) is 4.98 Å². The summed E-state index contributed by atoms with van der Waals surface area (Å²) in [6.07, 6.45) is 3.33. The summed E-state index contributed by atoms with van der Waals surface area (Å²) < 4.78 is 33.6. The van der Waals surface area contributed by atoms with Crippen molar-refractivity contribution in [2.75, 3.05) is 12.9 Å². The molecule has 0 spiro atoms. The summed E-state index contributed by atoms with van der Waals surface area (Å²) in [5.41, 5.74) is 2.49. The molecule has 2 aromatic carbocycles. The lowest BCUT2D eigenvalue weighted by Gasteiger charge is -2.12. The Kier molecular flexibility index (Phi) is 7.22. The molecule has 1 N–H and O–H groups in total. The second kappa shape index (κ2) is 9.89. The summed E-state index contributed by atoms with van der Waals surface area (Å²) in [6.45, 7) is 4.27. The van der Waals surface area contributed by atoms with Gasteiger partial charge in [0, 0.05) is 12.1 Å². The van der Waals surface area contributed by atoms with Crippen LogP contribution < -0.4 is 4.72 Å². The van der Waals surface area contributed by atoms with Gasteiger partial charge in [0.25, 0.3) is 10.0 Å². The molecular formula is C22H22N4O4S2. The zero-order valence-corrected chi connectivity index (χ0v) is 19.5. The van der Waals surface area contributed by atoms with E-state index in [9.17, 15) is 13.2 Å². The molecule has 0 aliphatic rings. The normalized spacial score (nSPS) is 11.1. The van der Waals surface area contributed by atoms with Crippen LogP contribution in [0.5, 0.6) is 0 Å². The lowest BCUT2D eigenvalue weighted by molar-refractivity contribution is 0.0509. The highest BCUT2D eigenvalue weighted by atomic mass is 32.2. The molecule has 0 radical (unpaired) electrons. The molecule has 32 heavy (non-hydrogen) atoms. The number of rotatable bonds is 8. The van der Waals surface area contributed by atoms with Crippen LogP contribution in [-0.2, 0) is 21.3 Å². The minimum Gasteiger partial charge on any atom is -0.461 e. The molecule has 0 aliphatic heterocycles. The summed E-state index contributed by atoms with van der Waals surface area (Å²) in [4.78, 5) is 17.0. The summed E-state index contributed by atoms with van der Waals surface area (Å²) in [7, 11) is -3.95. The first-order valence-corrected chi connectivity index (χ1v) is 12.4. The van der Waals surface area contributed by atoms with Crippen LogP contribution in [-0.4, -0.2) is 36.8 Å². The number of carbonyl (C=O) groups is 1. The predicted octanol–water partition coefficient (Wildman–Crippen LogP) is 3.56. The quantitative estimate of drug-likeness (QED) is 0.232. The highest BCUT2D eigenvalue weighted by Gasteiger charge is 2.23. The van der Waals surface area contributed by atoms with Crippen molar-refractivity contribution < 1.29 is 17.9 Å². The number of imidazole rings is 1. The van der Waals surface area contributed by atoms with Gasteiger partial charge in [-0.3, -0.25) is 0 Å². The van der Waals surface area contributed by atoms with Crippen molar-refractivity contribution in [2.24, 2.45) is 0 Å². The molecular weight excluding hydrogens is 448 g/mol.